The predicted molar refractivity (Wildman–Crippen MR) is 72.1 cm³/mol. The van der Waals surface area contributed by atoms with Crippen LogP contribution in [0.25, 0.3) is 0 Å². The van der Waals surface area contributed by atoms with Crippen molar-refractivity contribution in [2.75, 3.05) is 0 Å². The average molecular weight is 273 g/mol. The van der Waals surface area contributed by atoms with Crippen LogP contribution in [0.3, 0.4) is 0 Å². The quantitative estimate of drug-likeness (QED) is 0.379. The highest BCUT2D eigenvalue weighted by molar-refractivity contribution is 5.99. The summed E-state index contributed by atoms with van der Waals surface area (Å²) >= 11 is 0. The second kappa shape index (κ2) is 4.84. The number of oxime groups is 1. The zero-order valence-corrected chi connectivity index (χ0v) is 11.1. The molecule has 2 aromatic rings. The minimum Gasteiger partial charge on any atom is -0.435 e. The van der Waals surface area contributed by atoms with Gasteiger partial charge in [-0.25, -0.2) is 4.98 Å². The standard InChI is InChI=1S/C13H15N5O2/c1-18-7-9(6-15-18)20-13-10(12(14)17-19)5-8-3-2-4-11(8)16-13/h5-7,19H,2-4H2,1H3,(H2,14,17). The molecule has 0 aliphatic heterocycles. The molecule has 0 unspecified atom stereocenters. The first-order valence-electron chi connectivity index (χ1n) is 6.34. The van der Waals surface area contributed by atoms with Gasteiger partial charge in [0, 0.05) is 12.7 Å². The lowest BCUT2D eigenvalue weighted by Crippen LogP contribution is -2.16. The Kier molecular flexibility index (Phi) is 3.02. The maximum atomic E-state index is 8.89. The summed E-state index contributed by atoms with van der Waals surface area (Å²) < 4.78 is 7.34. The van der Waals surface area contributed by atoms with Crippen molar-refractivity contribution < 1.29 is 9.94 Å². The number of hydrogen-bond donors (Lipinski definition) is 2. The van der Waals surface area contributed by atoms with Crippen molar-refractivity contribution in [3.8, 4) is 11.6 Å². The molecule has 3 N–H and O–H groups in total. The Balaban J connectivity index is 2.03. The molecule has 3 rings (SSSR count). The number of nitrogens with zero attached hydrogens (tertiary/aromatic N) is 4. The molecular weight excluding hydrogens is 258 g/mol. The molecule has 2 heterocycles. The van der Waals surface area contributed by atoms with E-state index in [2.05, 4.69) is 15.2 Å². The van der Waals surface area contributed by atoms with Gasteiger partial charge in [0.15, 0.2) is 11.6 Å². The highest BCUT2D eigenvalue weighted by Crippen LogP contribution is 2.29. The highest BCUT2D eigenvalue weighted by atomic mass is 16.5. The first-order chi connectivity index (χ1) is 9.67. The molecule has 0 aromatic carbocycles. The van der Waals surface area contributed by atoms with Crippen molar-refractivity contribution in [3.63, 3.8) is 0 Å². The number of aromatic nitrogens is 3. The van der Waals surface area contributed by atoms with Gasteiger partial charge in [-0.2, -0.15) is 5.10 Å². The molecule has 0 amide bonds. The number of hydrogen-bond acceptors (Lipinski definition) is 5. The van der Waals surface area contributed by atoms with Gasteiger partial charge in [0.05, 0.1) is 18.0 Å². The zero-order valence-electron chi connectivity index (χ0n) is 11.1. The SMILES string of the molecule is Cn1cc(Oc2nc3c(cc2/C(N)=N/O)CCC3)cn1. The van der Waals surface area contributed by atoms with Crippen LogP contribution in [-0.4, -0.2) is 25.8 Å². The smallest absolute Gasteiger partial charge is 0.230 e. The molecule has 20 heavy (non-hydrogen) atoms. The lowest BCUT2D eigenvalue weighted by molar-refractivity contribution is 0.318. The van der Waals surface area contributed by atoms with E-state index in [0.29, 0.717) is 17.2 Å². The van der Waals surface area contributed by atoms with E-state index in [0.717, 1.165) is 30.5 Å². The zero-order chi connectivity index (χ0) is 14.1. The van der Waals surface area contributed by atoms with Crippen molar-refractivity contribution >= 4 is 5.84 Å². The molecule has 0 saturated carbocycles. The van der Waals surface area contributed by atoms with Crippen LogP contribution >= 0.6 is 0 Å². The second-order valence-electron chi connectivity index (χ2n) is 4.74. The average Bonchev–Trinajstić information content (AvgIpc) is 3.05. The molecule has 0 saturated heterocycles. The number of aryl methyl sites for hydroxylation is 3. The van der Waals surface area contributed by atoms with Crippen LogP contribution < -0.4 is 10.5 Å². The van der Waals surface area contributed by atoms with E-state index in [1.54, 1.807) is 24.1 Å². The Labute approximate surface area is 115 Å². The van der Waals surface area contributed by atoms with Gasteiger partial charge in [-0.05, 0) is 30.9 Å². The topological polar surface area (TPSA) is 98.6 Å². The van der Waals surface area contributed by atoms with Crippen LogP contribution in [0.2, 0.25) is 0 Å². The van der Waals surface area contributed by atoms with Gasteiger partial charge in [0.2, 0.25) is 5.88 Å². The Morgan fingerprint density at radius 3 is 3.05 bits per heavy atom. The Bertz CT molecular complexity index is 677. The minimum absolute atomic E-state index is 0.00825. The van der Waals surface area contributed by atoms with Crippen LogP contribution in [-0.2, 0) is 19.9 Å². The second-order valence-corrected chi connectivity index (χ2v) is 4.74. The van der Waals surface area contributed by atoms with Crippen LogP contribution in [0.5, 0.6) is 11.6 Å². The van der Waals surface area contributed by atoms with E-state index in [9.17, 15) is 0 Å². The van der Waals surface area contributed by atoms with Crippen LogP contribution in [0, 0.1) is 0 Å². The molecule has 0 fully saturated rings. The van der Waals surface area contributed by atoms with Crippen molar-refractivity contribution in [1.29, 1.82) is 0 Å². The number of pyridine rings is 1. The molecule has 0 spiro atoms. The number of rotatable bonds is 3. The lowest BCUT2D eigenvalue weighted by Gasteiger charge is -2.10. The summed E-state index contributed by atoms with van der Waals surface area (Å²) in [5.74, 6) is 0.893. The van der Waals surface area contributed by atoms with Gasteiger partial charge in [-0.15, -0.1) is 0 Å². The summed E-state index contributed by atoms with van der Waals surface area (Å²) in [5.41, 5.74) is 8.35. The molecule has 1 aliphatic carbocycles. The fourth-order valence-corrected chi connectivity index (χ4v) is 2.33. The normalized spacial score (nSPS) is 14.3. The van der Waals surface area contributed by atoms with E-state index >= 15 is 0 Å². The van der Waals surface area contributed by atoms with Gasteiger partial charge < -0.3 is 15.7 Å². The largest absolute Gasteiger partial charge is 0.435 e. The van der Waals surface area contributed by atoms with Crippen molar-refractivity contribution in [2.45, 2.75) is 19.3 Å². The third-order valence-corrected chi connectivity index (χ3v) is 3.30. The first kappa shape index (κ1) is 12.5. The minimum atomic E-state index is -0.00825. The van der Waals surface area contributed by atoms with Crippen molar-refractivity contribution in [3.05, 3.63) is 35.3 Å². The summed E-state index contributed by atoms with van der Waals surface area (Å²) in [4.78, 5) is 4.50. The van der Waals surface area contributed by atoms with Gasteiger partial charge in [-0.3, -0.25) is 4.68 Å². The highest BCUT2D eigenvalue weighted by Gasteiger charge is 2.20. The summed E-state index contributed by atoms with van der Waals surface area (Å²) in [6.07, 6.45) is 6.26. The number of amidine groups is 1. The van der Waals surface area contributed by atoms with Crippen LogP contribution in [0.1, 0.15) is 23.2 Å². The van der Waals surface area contributed by atoms with E-state index in [1.807, 2.05) is 6.07 Å². The molecule has 7 heteroatoms. The summed E-state index contributed by atoms with van der Waals surface area (Å²) in [6, 6.07) is 1.89. The maximum absolute atomic E-state index is 8.89. The molecular formula is C13H15N5O2. The Morgan fingerprint density at radius 2 is 2.35 bits per heavy atom. The third-order valence-electron chi connectivity index (χ3n) is 3.30. The number of ether oxygens (including phenoxy) is 1. The molecule has 0 radical (unpaired) electrons. The molecule has 104 valence electrons. The first-order valence-corrected chi connectivity index (χ1v) is 6.34. The van der Waals surface area contributed by atoms with Gasteiger partial charge in [0.25, 0.3) is 0 Å². The molecule has 2 aromatic heterocycles. The Hall–Kier alpha value is -2.57. The van der Waals surface area contributed by atoms with Gasteiger partial charge in [0.1, 0.15) is 0 Å². The van der Waals surface area contributed by atoms with E-state index in [1.165, 1.54) is 0 Å². The monoisotopic (exact) mass is 273 g/mol. The third kappa shape index (κ3) is 2.18. The fraction of sp³-hybridized carbons (Fsp3) is 0.308. The summed E-state index contributed by atoms with van der Waals surface area (Å²) in [7, 11) is 1.80. The van der Waals surface area contributed by atoms with E-state index in [4.69, 9.17) is 15.7 Å². The molecule has 0 bridgehead atoms. The van der Waals surface area contributed by atoms with Gasteiger partial charge >= 0.3 is 0 Å². The fourth-order valence-electron chi connectivity index (χ4n) is 2.33. The van der Waals surface area contributed by atoms with Gasteiger partial charge in [-0.1, -0.05) is 5.16 Å². The van der Waals surface area contributed by atoms with Crippen molar-refractivity contribution in [2.24, 2.45) is 17.9 Å². The van der Waals surface area contributed by atoms with E-state index in [-0.39, 0.29) is 5.84 Å². The Morgan fingerprint density at radius 1 is 1.50 bits per heavy atom. The number of nitrogens with two attached hydrogens (primary N) is 1. The predicted octanol–water partition coefficient (Wildman–Crippen LogP) is 1.19. The van der Waals surface area contributed by atoms with Crippen LogP contribution in [0.15, 0.2) is 23.6 Å². The molecule has 0 atom stereocenters. The molecule has 7 nitrogen and oxygen atoms in total. The molecule has 1 aliphatic rings. The summed E-state index contributed by atoms with van der Waals surface area (Å²) in [6.45, 7) is 0. The summed E-state index contributed by atoms with van der Waals surface area (Å²) in [5, 5.41) is 16.0. The lowest BCUT2D eigenvalue weighted by atomic mass is 10.1. The van der Waals surface area contributed by atoms with E-state index < -0.39 is 0 Å². The van der Waals surface area contributed by atoms with Crippen molar-refractivity contribution in [1.82, 2.24) is 14.8 Å². The number of fused-ring (bicyclic) bond motifs is 1. The maximum Gasteiger partial charge on any atom is 0.230 e. The van der Waals surface area contributed by atoms with Crippen LogP contribution in [0.4, 0.5) is 0 Å².